The van der Waals surface area contributed by atoms with E-state index in [2.05, 4.69) is 58.4 Å². The van der Waals surface area contributed by atoms with Crippen LogP contribution in [-0.2, 0) is 5.54 Å². The summed E-state index contributed by atoms with van der Waals surface area (Å²) in [6, 6.07) is 6.62. The zero-order valence-electron chi connectivity index (χ0n) is 24.8. The number of nitrogens with one attached hydrogen (secondary N) is 1. The molecule has 1 atom stereocenters. The Balaban J connectivity index is 1.18. The molecular formula is C31H44N8O. The highest BCUT2D eigenvalue weighted by Gasteiger charge is 2.43. The first-order valence-corrected chi connectivity index (χ1v) is 15.0. The summed E-state index contributed by atoms with van der Waals surface area (Å²) in [7, 11) is 1.92. The predicted molar refractivity (Wildman–Crippen MR) is 160 cm³/mol. The van der Waals surface area contributed by atoms with Gasteiger partial charge in [0.05, 0.1) is 17.4 Å². The Bertz CT molecular complexity index is 1370. The number of rotatable bonds is 5. The highest BCUT2D eigenvalue weighted by atomic mass is 16.2. The van der Waals surface area contributed by atoms with E-state index in [0.29, 0.717) is 23.2 Å². The third-order valence-electron chi connectivity index (χ3n) is 9.16. The Morgan fingerprint density at radius 3 is 2.58 bits per heavy atom. The van der Waals surface area contributed by atoms with Crippen LogP contribution in [0.3, 0.4) is 0 Å². The molecule has 3 aromatic heterocycles. The SMILES string of the molecule is CC1CN(c2ccc(Nc3ncc4cc5n(c4n3)C3(CCCCC3)CN(C)C5=O)nc2)CCN1CCC(C)(C)C. The number of aromatic nitrogens is 4. The van der Waals surface area contributed by atoms with Gasteiger partial charge >= 0.3 is 0 Å². The van der Waals surface area contributed by atoms with E-state index < -0.39 is 0 Å². The molecule has 9 heteroatoms. The van der Waals surface area contributed by atoms with Gasteiger partial charge in [-0.2, -0.15) is 4.98 Å². The molecule has 1 unspecified atom stereocenters. The molecule has 0 bridgehead atoms. The van der Waals surface area contributed by atoms with E-state index in [1.165, 1.54) is 25.7 Å². The van der Waals surface area contributed by atoms with Crippen molar-refractivity contribution in [1.82, 2.24) is 29.3 Å². The Labute approximate surface area is 238 Å². The van der Waals surface area contributed by atoms with Gasteiger partial charge in [-0.1, -0.05) is 40.0 Å². The monoisotopic (exact) mass is 544 g/mol. The molecule has 1 N–H and O–H groups in total. The zero-order chi connectivity index (χ0) is 28.1. The lowest BCUT2D eigenvalue weighted by Crippen LogP contribution is -2.53. The van der Waals surface area contributed by atoms with E-state index in [1.807, 2.05) is 36.5 Å². The number of fused-ring (bicyclic) bond motifs is 4. The summed E-state index contributed by atoms with van der Waals surface area (Å²) in [5, 5.41) is 4.22. The summed E-state index contributed by atoms with van der Waals surface area (Å²) >= 11 is 0. The minimum absolute atomic E-state index is 0.0605. The normalized spacial score (nSPS) is 21.7. The van der Waals surface area contributed by atoms with E-state index in [4.69, 9.17) is 9.97 Å². The minimum atomic E-state index is -0.0859. The highest BCUT2D eigenvalue weighted by Crippen LogP contribution is 2.42. The summed E-state index contributed by atoms with van der Waals surface area (Å²) in [5.41, 5.74) is 2.99. The minimum Gasteiger partial charge on any atom is -0.367 e. The molecule has 0 aromatic carbocycles. The maximum absolute atomic E-state index is 13.1. The van der Waals surface area contributed by atoms with E-state index in [1.54, 1.807) is 0 Å². The molecule has 2 fully saturated rings. The smallest absolute Gasteiger partial charge is 0.270 e. The second kappa shape index (κ2) is 10.3. The van der Waals surface area contributed by atoms with Crippen molar-refractivity contribution in [2.75, 3.05) is 50.0 Å². The second-order valence-corrected chi connectivity index (χ2v) is 13.5. The van der Waals surface area contributed by atoms with Gasteiger partial charge in [-0.05, 0) is 56.3 Å². The average Bonchev–Trinajstić information content (AvgIpc) is 3.32. The average molecular weight is 545 g/mol. The van der Waals surface area contributed by atoms with Gasteiger partial charge in [-0.15, -0.1) is 0 Å². The number of pyridine rings is 1. The molecule has 3 aromatic rings. The predicted octanol–water partition coefficient (Wildman–Crippen LogP) is 5.26. The van der Waals surface area contributed by atoms with Crippen LogP contribution in [0.4, 0.5) is 17.5 Å². The van der Waals surface area contributed by atoms with Crippen LogP contribution in [-0.4, -0.2) is 81.0 Å². The van der Waals surface area contributed by atoms with Gasteiger partial charge in [-0.3, -0.25) is 9.69 Å². The first-order chi connectivity index (χ1) is 19.1. The van der Waals surface area contributed by atoms with Crippen LogP contribution in [0.25, 0.3) is 11.0 Å². The molecule has 2 aliphatic heterocycles. The summed E-state index contributed by atoms with van der Waals surface area (Å²) < 4.78 is 2.23. The summed E-state index contributed by atoms with van der Waals surface area (Å²) in [6.45, 7) is 14.3. The van der Waals surface area contributed by atoms with E-state index >= 15 is 0 Å². The van der Waals surface area contributed by atoms with Gasteiger partial charge in [0.1, 0.15) is 17.2 Å². The summed E-state index contributed by atoms with van der Waals surface area (Å²) in [4.78, 5) is 34.2. The fraction of sp³-hybridized carbons (Fsp3) is 0.613. The molecule has 3 aliphatic rings. The maximum Gasteiger partial charge on any atom is 0.270 e. The molecule has 214 valence electrons. The van der Waals surface area contributed by atoms with Gasteiger partial charge in [-0.25, -0.2) is 9.97 Å². The lowest BCUT2D eigenvalue weighted by Gasteiger charge is -2.45. The van der Waals surface area contributed by atoms with E-state index in [0.717, 1.165) is 68.0 Å². The largest absolute Gasteiger partial charge is 0.367 e. The van der Waals surface area contributed by atoms with Crippen molar-refractivity contribution in [3.8, 4) is 0 Å². The Morgan fingerprint density at radius 2 is 1.88 bits per heavy atom. The lowest BCUT2D eigenvalue weighted by molar-refractivity contribution is 0.0543. The number of hydrogen-bond acceptors (Lipinski definition) is 7. The van der Waals surface area contributed by atoms with Crippen molar-refractivity contribution in [2.24, 2.45) is 5.41 Å². The summed E-state index contributed by atoms with van der Waals surface area (Å²) in [6.07, 6.45) is 10.7. The number of carbonyl (C=O) groups excluding carboxylic acids is 1. The van der Waals surface area contributed by atoms with Gasteiger partial charge in [0.15, 0.2) is 0 Å². The molecule has 5 heterocycles. The van der Waals surface area contributed by atoms with Gasteiger partial charge < -0.3 is 19.7 Å². The van der Waals surface area contributed by atoms with Crippen LogP contribution in [0.5, 0.6) is 0 Å². The van der Waals surface area contributed by atoms with Crippen LogP contribution in [0, 0.1) is 5.41 Å². The zero-order valence-corrected chi connectivity index (χ0v) is 24.8. The number of nitrogens with zero attached hydrogens (tertiary/aromatic N) is 7. The number of piperazine rings is 1. The molecule has 1 saturated heterocycles. The van der Waals surface area contributed by atoms with Gasteiger partial charge in [0, 0.05) is 50.9 Å². The van der Waals surface area contributed by atoms with E-state index in [-0.39, 0.29) is 11.4 Å². The standard InChI is InChI=1S/C31H44N8O/c1-22-20-38(16-15-37(22)14-13-30(2,3)4)24-9-10-26(32-19-24)34-29-33-18-23-17-25-28(40)36(5)21-31(11-7-6-8-12-31)39(25)27(23)35-29/h9-10,17-19,22H,6-8,11-16,20-21H2,1-5H3,(H,32,33,34,35). The Kier molecular flexibility index (Phi) is 6.97. The lowest BCUT2D eigenvalue weighted by atomic mass is 9.79. The quantitative estimate of drug-likeness (QED) is 0.469. The Hall–Kier alpha value is -3.20. The second-order valence-electron chi connectivity index (χ2n) is 13.5. The molecule has 0 radical (unpaired) electrons. The van der Waals surface area contributed by atoms with Crippen molar-refractivity contribution in [3.63, 3.8) is 0 Å². The molecule has 40 heavy (non-hydrogen) atoms. The Morgan fingerprint density at radius 1 is 1.07 bits per heavy atom. The number of anilines is 3. The maximum atomic E-state index is 13.1. The van der Waals surface area contributed by atoms with E-state index in [9.17, 15) is 4.79 Å². The van der Waals surface area contributed by atoms with Crippen molar-refractivity contribution in [2.45, 2.75) is 77.8 Å². The van der Waals surface area contributed by atoms with Crippen LogP contribution in [0.2, 0.25) is 0 Å². The molecule has 1 amide bonds. The molecule has 1 saturated carbocycles. The fourth-order valence-corrected chi connectivity index (χ4v) is 6.86. The first-order valence-electron chi connectivity index (χ1n) is 15.0. The van der Waals surface area contributed by atoms with Crippen molar-refractivity contribution in [1.29, 1.82) is 0 Å². The van der Waals surface area contributed by atoms with Gasteiger partial charge in [0.25, 0.3) is 5.91 Å². The number of carbonyl (C=O) groups is 1. The van der Waals surface area contributed by atoms with Crippen molar-refractivity contribution < 1.29 is 4.79 Å². The van der Waals surface area contributed by atoms with Crippen LogP contribution in [0.1, 0.15) is 76.7 Å². The topological polar surface area (TPSA) is 82.4 Å². The number of amides is 1. The van der Waals surface area contributed by atoms with Crippen molar-refractivity contribution >= 4 is 34.4 Å². The molecule has 1 aliphatic carbocycles. The van der Waals surface area contributed by atoms with Crippen LogP contribution >= 0.6 is 0 Å². The van der Waals surface area contributed by atoms with Gasteiger partial charge in [0.2, 0.25) is 5.95 Å². The summed E-state index contributed by atoms with van der Waals surface area (Å²) in [5.74, 6) is 1.28. The molecule has 9 nitrogen and oxygen atoms in total. The first kappa shape index (κ1) is 27.0. The molecule has 1 spiro atoms. The molecular weight excluding hydrogens is 500 g/mol. The highest BCUT2D eigenvalue weighted by molar-refractivity contribution is 5.99. The third-order valence-corrected chi connectivity index (χ3v) is 9.16. The van der Waals surface area contributed by atoms with Crippen molar-refractivity contribution in [3.05, 3.63) is 36.3 Å². The number of hydrogen-bond donors (Lipinski definition) is 1. The third kappa shape index (κ3) is 5.16. The van der Waals surface area contributed by atoms with Crippen LogP contribution < -0.4 is 10.2 Å². The fourth-order valence-electron chi connectivity index (χ4n) is 6.86. The van der Waals surface area contributed by atoms with Crippen LogP contribution in [0.15, 0.2) is 30.6 Å². The molecule has 6 rings (SSSR count). The number of likely N-dealkylation sites (N-methyl/N-ethyl adjacent to an activating group) is 1.